The van der Waals surface area contributed by atoms with Crippen LogP contribution in [0.4, 0.5) is 4.39 Å². The fourth-order valence-corrected chi connectivity index (χ4v) is 2.43. The molecule has 2 heterocycles. The van der Waals surface area contributed by atoms with Crippen LogP contribution in [0.5, 0.6) is 0 Å². The van der Waals surface area contributed by atoms with E-state index in [0.29, 0.717) is 19.8 Å². The number of ether oxygens (including phenoxy) is 2. The van der Waals surface area contributed by atoms with Crippen molar-refractivity contribution in [1.29, 1.82) is 0 Å². The average Bonchev–Trinajstić information content (AvgIpc) is 2.52. The van der Waals surface area contributed by atoms with Gasteiger partial charge in [-0.1, -0.05) is 6.07 Å². The highest BCUT2D eigenvalue weighted by Gasteiger charge is 2.36. The Hall–Kier alpha value is -0.970. The molecule has 3 rings (SSSR count). The Kier molecular flexibility index (Phi) is 2.86. The molecule has 0 aromatic heterocycles. The first-order valence-electron chi connectivity index (χ1n) is 6.03. The van der Waals surface area contributed by atoms with Crippen molar-refractivity contribution in [2.75, 3.05) is 13.1 Å². The van der Waals surface area contributed by atoms with Crippen LogP contribution in [-0.2, 0) is 22.7 Å². The van der Waals surface area contributed by atoms with Crippen molar-refractivity contribution in [2.45, 2.75) is 31.8 Å². The van der Waals surface area contributed by atoms with Crippen molar-refractivity contribution in [2.24, 2.45) is 0 Å². The highest BCUT2D eigenvalue weighted by molar-refractivity contribution is 5.27. The van der Waals surface area contributed by atoms with E-state index in [1.165, 1.54) is 12.1 Å². The molecular weight excluding hydrogens is 221 g/mol. The van der Waals surface area contributed by atoms with Crippen LogP contribution in [0.25, 0.3) is 0 Å². The van der Waals surface area contributed by atoms with Crippen LogP contribution < -0.4 is 5.32 Å². The van der Waals surface area contributed by atoms with Gasteiger partial charge in [-0.15, -0.1) is 0 Å². The molecule has 1 spiro atoms. The smallest absolute Gasteiger partial charge is 0.181 e. The van der Waals surface area contributed by atoms with Crippen LogP contribution in [-0.4, -0.2) is 18.9 Å². The monoisotopic (exact) mass is 237 g/mol. The van der Waals surface area contributed by atoms with Crippen molar-refractivity contribution < 1.29 is 13.9 Å². The van der Waals surface area contributed by atoms with Gasteiger partial charge in [-0.2, -0.15) is 0 Å². The number of benzene rings is 1. The molecule has 3 nitrogen and oxygen atoms in total. The van der Waals surface area contributed by atoms with Gasteiger partial charge in [0.2, 0.25) is 0 Å². The third-order valence-electron chi connectivity index (χ3n) is 3.46. The van der Waals surface area contributed by atoms with Crippen LogP contribution in [0.2, 0.25) is 0 Å². The zero-order chi connectivity index (χ0) is 11.7. The maximum Gasteiger partial charge on any atom is 0.181 e. The molecule has 17 heavy (non-hydrogen) atoms. The summed E-state index contributed by atoms with van der Waals surface area (Å²) in [6.45, 7) is 2.64. The van der Waals surface area contributed by atoms with Gasteiger partial charge in [-0.05, 0) is 36.2 Å². The standard InChI is InChI=1S/C13H16FNO2/c14-12-3-2-10-7-16-13(4-1-5-15-9-13)17-8-11(10)6-12/h2-3,6,15H,1,4-5,7-9H2. The molecule has 1 unspecified atom stereocenters. The van der Waals surface area contributed by atoms with Crippen molar-refractivity contribution in [3.8, 4) is 0 Å². The molecule has 1 atom stereocenters. The molecule has 0 radical (unpaired) electrons. The summed E-state index contributed by atoms with van der Waals surface area (Å²) in [4.78, 5) is 0. The van der Waals surface area contributed by atoms with Gasteiger partial charge in [0, 0.05) is 13.0 Å². The molecule has 2 aliphatic heterocycles. The fourth-order valence-electron chi connectivity index (χ4n) is 2.43. The molecule has 1 aromatic rings. The van der Waals surface area contributed by atoms with E-state index in [9.17, 15) is 4.39 Å². The Balaban J connectivity index is 1.82. The molecule has 1 aromatic carbocycles. The minimum absolute atomic E-state index is 0.218. The largest absolute Gasteiger partial charge is 0.344 e. The molecule has 0 amide bonds. The molecule has 92 valence electrons. The third-order valence-corrected chi connectivity index (χ3v) is 3.46. The molecule has 2 aliphatic rings. The number of nitrogens with one attached hydrogen (secondary N) is 1. The van der Waals surface area contributed by atoms with E-state index in [0.717, 1.165) is 30.5 Å². The highest BCUT2D eigenvalue weighted by Crippen LogP contribution is 2.30. The second kappa shape index (κ2) is 4.37. The summed E-state index contributed by atoms with van der Waals surface area (Å²) in [5.41, 5.74) is 1.92. The SMILES string of the molecule is Fc1ccc2c(c1)COC1(CCCNC1)OC2. The summed E-state index contributed by atoms with van der Waals surface area (Å²) < 4.78 is 24.9. The van der Waals surface area contributed by atoms with Gasteiger partial charge in [-0.25, -0.2) is 4.39 Å². The fraction of sp³-hybridized carbons (Fsp3) is 0.538. The van der Waals surface area contributed by atoms with E-state index in [-0.39, 0.29) is 5.82 Å². The molecule has 0 saturated carbocycles. The van der Waals surface area contributed by atoms with E-state index < -0.39 is 5.79 Å². The Morgan fingerprint density at radius 1 is 1.18 bits per heavy atom. The average molecular weight is 237 g/mol. The number of hydrogen-bond acceptors (Lipinski definition) is 3. The van der Waals surface area contributed by atoms with Crippen LogP contribution in [0, 0.1) is 5.82 Å². The molecule has 0 bridgehead atoms. The van der Waals surface area contributed by atoms with Crippen LogP contribution in [0.15, 0.2) is 18.2 Å². The lowest BCUT2D eigenvalue weighted by Crippen LogP contribution is -2.48. The number of fused-ring (bicyclic) bond motifs is 1. The molecule has 4 heteroatoms. The molecule has 0 aliphatic carbocycles. The minimum Gasteiger partial charge on any atom is -0.344 e. The molecule has 1 fully saturated rings. The number of rotatable bonds is 0. The Morgan fingerprint density at radius 2 is 2.00 bits per heavy atom. The quantitative estimate of drug-likeness (QED) is 0.748. The lowest BCUT2D eigenvalue weighted by atomic mass is 10.1. The van der Waals surface area contributed by atoms with Gasteiger partial charge in [0.15, 0.2) is 5.79 Å². The zero-order valence-corrected chi connectivity index (χ0v) is 9.67. The van der Waals surface area contributed by atoms with Crippen molar-refractivity contribution >= 4 is 0 Å². The molecular formula is C13H16FNO2. The minimum atomic E-state index is -0.520. The summed E-state index contributed by atoms with van der Waals surface area (Å²) in [6, 6.07) is 4.79. The van der Waals surface area contributed by atoms with E-state index >= 15 is 0 Å². The molecule has 1 saturated heterocycles. The second-order valence-electron chi connectivity index (χ2n) is 4.68. The van der Waals surface area contributed by atoms with Gasteiger partial charge >= 0.3 is 0 Å². The van der Waals surface area contributed by atoms with Crippen LogP contribution in [0.1, 0.15) is 24.0 Å². The highest BCUT2D eigenvalue weighted by atomic mass is 19.1. The van der Waals surface area contributed by atoms with Crippen LogP contribution >= 0.6 is 0 Å². The van der Waals surface area contributed by atoms with Crippen molar-refractivity contribution in [3.63, 3.8) is 0 Å². The summed E-state index contributed by atoms with van der Waals surface area (Å²) in [5.74, 6) is -0.738. The maximum absolute atomic E-state index is 13.2. The van der Waals surface area contributed by atoms with E-state index in [1.807, 2.05) is 0 Å². The topological polar surface area (TPSA) is 30.5 Å². The van der Waals surface area contributed by atoms with Crippen molar-refractivity contribution in [3.05, 3.63) is 35.1 Å². The maximum atomic E-state index is 13.2. The van der Waals surface area contributed by atoms with Gasteiger partial charge in [-0.3, -0.25) is 0 Å². The predicted molar refractivity (Wildman–Crippen MR) is 60.8 cm³/mol. The molecule has 1 N–H and O–H groups in total. The summed E-state index contributed by atoms with van der Waals surface area (Å²) in [7, 11) is 0. The van der Waals surface area contributed by atoms with E-state index in [1.54, 1.807) is 6.07 Å². The Bertz CT molecular complexity index is 416. The second-order valence-corrected chi connectivity index (χ2v) is 4.68. The van der Waals surface area contributed by atoms with Crippen molar-refractivity contribution in [1.82, 2.24) is 5.32 Å². The lowest BCUT2D eigenvalue weighted by molar-refractivity contribution is -0.250. The predicted octanol–water partition coefficient (Wildman–Crippen LogP) is 1.95. The normalized spacial score (nSPS) is 28.8. The first kappa shape index (κ1) is 11.1. The van der Waals surface area contributed by atoms with Gasteiger partial charge in [0.25, 0.3) is 0 Å². The Labute approximate surface area is 99.9 Å². The van der Waals surface area contributed by atoms with E-state index in [4.69, 9.17) is 9.47 Å². The number of hydrogen-bond donors (Lipinski definition) is 1. The number of piperidine rings is 1. The lowest BCUT2D eigenvalue weighted by Gasteiger charge is -2.35. The van der Waals surface area contributed by atoms with Gasteiger partial charge in [0.1, 0.15) is 5.82 Å². The third kappa shape index (κ3) is 2.20. The first-order chi connectivity index (χ1) is 8.27. The van der Waals surface area contributed by atoms with Crippen LogP contribution in [0.3, 0.4) is 0 Å². The first-order valence-corrected chi connectivity index (χ1v) is 6.03. The van der Waals surface area contributed by atoms with E-state index in [2.05, 4.69) is 5.32 Å². The summed E-state index contributed by atoms with van der Waals surface area (Å²) >= 11 is 0. The van der Waals surface area contributed by atoms with Gasteiger partial charge in [0.05, 0.1) is 13.2 Å². The zero-order valence-electron chi connectivity index (χ0n) is 9.67. The summed E-state index contributed by atoms with van der Waals surface area (Å²) in [5, 5.41) is 3.29. The van der Waals surface area contributed by atoms with Gasteiger partial charge < -0.3 is 14.8 Å². The summed E-state index contributed by atoms with van der Waals surface area (Å²) in [6.07, 6.45) is 1.95. The Morgan fingerprint density at radius 3 is 2.76 bits per heavy atom. The number of halogens is 1.